The van der Waals surface area contributed by atoms with Gasteiger partial charge in [-0.15, -0.1) is 10.2 Å². The Morgan fingerprint density at radius 2 is 1.76 bits per heavy atom. The number of sulfonamides is 1. The maximum atomic E-state index is 15.2. The SMILES string of the molecule is COc1ccc(S(=O)(=O)N(C)C(F)(c2ccc(Cl)cc2)C(F)F)nn1. The van der Waals surface area contributed by atoms with Gasteiger partial charge in [0.15, 0.2) is 5.03 Å². The summed E-state index contributed by atoms with van der Waals surface area (Å²) in [4.78, 5) is 0. The summed E-state index contributed by atoms with van der Waals surface area (Å²) in [5.74, 6) is -3.61. The third-order valence-corrected chi connectivity index (χ3v) is 5.43. The van der Waals surface area contributed by atoms with E-state index in [-0.39, 0.29) is 15.2 Å². The van der Waals surface area contributed by atoms with Gasteiger partial charge in [-0.25, -0.2) is 21.6 Å². The van der Waals surface area contributed by atoms with Gasteiger partial charge >= 0.3 is 0 Å². The number of hydrogen-bond acceptors (Lipinski definition) is 5. The van der Waals surface area contributed by atoms with E-state index in [0.29, 0.717) is 7.05 Å². The summed E-state index contributed by atoms with van der Waals surface area (Å²) in [6.45, 7) is 0. The molecule has 1 aromatic heterocycles. The molecule has 25 heavy (non-hydrogen) atoms. The number of benzene rings is 1. The van der Waals surface area contributed by atoms with Crippen molar-refractivity contribution < 1.29 is 26.3 Å². The zero-order valence-electron chi connectivity index (χ0n) is 13.0. The van der Waals surface area contributed by atoms with Gasteiger partial charge < -0.3 is 4.74 Å². The van der Waals surface area contributed by atoms with Gasteiger partial charge in [0.2, 0.25) is 5.88 Å². The summed E-state index contributed by atoms with van der Waals surface area (Å²) in [6.07, 6.45) is -3.67. The van der Waals surface area contributed by atoms with Crippen LogP contribution in [0.2, 0.25) is 5.02 Å². The smallest absolute Gasteiger partial charge is 0.290 e. The van der Waals surface area contributed by atoms with Crippen LogP contribution in [0.25, 0.3) is 0 Å². The molecule has 2 rings (SSSR count). The quantitative estimate of drug-likeness (QED) is 0.703. The van der Waals surface area contributed by atoms with Crippen molar-refractivity contribution in [1.82, 2.24) is 14.5 Å². The van der Waals surface area contributed by atoms with Crippen LogP contribution >= 0.6 is 11.6 Å². The number of halogens is 4. The molecule has 1 unspecified atom stereocenters. The van der Waals surface area contributed by atoms with Crippen LogP contribution in [0.1, 0.15) is 5.56 Å². The van der Waals surface area contributed by atoms with Crippen LogP contribution in [0.15, 0.2) is 41.4 Å². The third kappa shape index (κ3) is 3.55. The standard InChI is InChI=1S/C14H13ClF3N3O3S/c1-21(25(22,23)12-8-7-11(24-2)19-20-12)14(18,13(16)17)9-3-5-10(15)6-4-9/h3-8,13H,1-2H3. The summed E-state index contributed by atoms with van der Waals surface area (Å²) in [5.41, 5.74) is -0.570. The Labute approximate surface area is 147 Å². The first-order valence-corrected chi connectivity index (χ1v) is 8.55. The van der Waals surface area contributed by atoms with Crippen molar-refractivity contribution >= 4 is 21.6 Å². The predicted molar refractivity (Wildman–Crippen MR) is 83.8 cm³/mol. The summed E-state index contributed by atoms with van der Waals surface area (Å²) in [7, 11) is -2.73. The second-order valence-electron chi connectivity index (χ2n) is 4.87. The van der Waals surface area contributed by atoms with E-state index >= 15 is 4.39 Å². The lowest BCUT2D eigenvalue weighted by atomic mass is 10.1. The van der Waals surface area contributed by atoms with Crippen molar-refractivity contribution in [2.45, 2.75) is 17.2 Å². The number of rotatable bonds is 6. The molecule has 1 aromatic carbocycles. The first kappa shape index (κ1) is 19.4. The Kier molecular flexibility index (Phi) is 5.55. The van der Waals surface area contributed by atoms with E-state index in [1.165, 1.54) is 19.2 Å². The zero-order valence-corrected chi connectivity index (χ0v) is 14.6. The van der Waals surface area contributed by atoms with Crippen LogP contribution in [0.5, 0.6) is 5.88 Å². The number of hydrogen-bond donors (Lipinski definition) is 0. The van der Waals surface area contributed by atoms with Gasteiger partial charge in [0.05, 0.1) is 7.11 Å². The molecule has 0 aliphatic rings. The Hall–Kier alpha value is -1.91. The fourth-order valence-electron chi connectivity index (χ4n) is 2.00. The molecule has 11 heteroatoms. The Bertz CT molecular complexity index is 835. The van der Waals surface area contributed by atoms with Crippen molar-refractivity contribution in [3.05, 3.63) is 47.0 Å². The van der Waals surface area contributed by atoms with Crippen molar-refractivity contribution in [3.8, 4) is 5.88 Å². The number of methoxy groups -OCH3 is 1. The van der Waals surface area contributed by atoms with Crippen LogP contribution < -0.4 is 4.74 Å². The number of aromatic nitrogens is 2. The van der Waals surface area contributed by atoms with Gasteiger partial charge in [0.25, 0.3) is 22.2 Å². The van der Waals surface area contributed by atoms with Crippen LogP contribution in [-0.2, 0) is 15.8 Å². The molecule has 6 nitrogen and oxygen atoms in total. The minimum atomic E-state index is -4.71. The monoisotopic (exact) mass is 395 g/mol. The van der Waals surface area contributed by atoms with E-state index in [4.69, 9.17) is 16.3 Å². The molecule has 0 N–H and O–H groups in total. The molecule has 0 saturated heterocycles. The molecule has 2 aromatic rings. The minimum absolute atomic E-state index is 0.0136. The largest absolute Gasteiger partial charge is 0.480 e. The molecule has 0 aliphatic heterocycles. The number of nitrogens with zero attached hydrogens (tertiary/aromatic N) is 3. The van der Waals surface area contributed by atoms with Crippen molar-refractivity contribution in [2.24, 2.45) is 0 Å². The maximum absolute atomic E-state index is 15.2. The van der Waals surface area contributed by atoms with Crippen molar-refractivity contribution in [3.63, 3.8) is 0 Å². The molecule has 0 aliphatic carbocycles. The molecule has 0 radical (unpaired) electrons. The Morgan fingerprint density at radius 3 is 2.20 bits per heavy atom. The zero-order chi connectivity index (χ0) is 18.8. The fourth-order valence-corrected chi connectivity index (χ4v) is 3.32. The molecular formula is C14H13ClF3N3O3S. The summed E-state index contributed by atoms with van der Waals surface area (Å²) >= 11 is 5.66. The molecular weight excluding hydrogens is 383 g/mol. The van der Waals surface area contributed by atoms with E-state index in [1.807, 2.05) is 0 Å². The lowest BCUT2D eigenvalue weighted by Gasteiger charge is -2.33. The minimum Gasteiger partial charge on any atom is -0.480 e. The first-order chi connectivity index (χ1) is 11.6. The first-order valence-electron chi connectivity index (χ1n) is 6.74. The van der Waals surface area contributed by atoms with E-state index in [0.717, 1.165) is 24.3 Å². The Morgan fingerprint density at radius 1 is 1.16 bits per heavy atom. The highest BCUT2D eigenvalue weighted by Crippen LogP contribution is 2.39. The second kappa shape index (κ2) is 7.14. The van der Waals surface area contributed by atoms with Gasteiger partial charge in [0, 0.05) is 23.7 Å². The maximum Gasteiger partial charge on any atom is 0.290 e. The number of alkyl halides is 3. The summed E-state index contributed by atoms with van der Waals surface area (Å²) < 4.78 is 71.9. The summed E-state index contributed by atoms with van der Waals surface area (Å²) in [6, 6.07) is 6.48. The fraction of sp³-hybridized carbons (Fsp3) is 0.286. The van der Waals surface area contributed by atoms with E-state index in [1.54, 1.807) is 0 Å². The molecule has 1 atom stereocenters. The van der Waals surface area contributed by atoms with E-state index < -0.39 is 32.8 Å². The van der Waals surface area contributed by atoms with Crippen molar-refractivity contribution in [1.29, 1.82) is 0 Å². The number of ether oxygens (including phenoxy) is 1. The van der Waals surface area contributed by atoms with Crippen LogP contribution in [-0.4, -0.2) is 43.5 Å². The second-order valence-corrected chi connectivity index (χ2v) is 7.22. The van der Waals surface area contributed by atoms with Crippen molar-refractivity contribution in [2.75, 3.05) is 14.2 Å². The lowest BCUT2D eigenvalue weighted by molar-refractivity contribution is -0.104. The van der Waals surface area contributed by atoms with E-state index in [2.05, 4.69) is 10.2 Å². The van der Waals surface area contributed by atoms with Gasteiger partial charge in [0.1, 0.15) is 0 Å². The Balaban J connectivity index is 2.51. The van der Waals surface area contributed by atoms with Gasteiger partial charge in [-0.1, -0.05) is 23.7 Å². The summed E-state index contributed by atoms with van der Waals surface area (Å²) in [5, 5.41) is 6.32. The highest BCUT2D eigenvalue weighted by molar-refractivity contribution is 7.89. The van der Waals surface area contributed by atoms with Crippen LogP contribution in [0.3, 0.4) is 0 Å². The molecule has 0 spiro atoms. The van der Waals surface area contributed by atoms with Crippen LogP contribution in [0, 0.1) is 0 Å². The molecule has 0 saturated carbocycles. The topological polar surface area (TPSA) is 72.4 Å². The van der Waals surface area contributed by atoms with E-state index in [9.17, 15) is 17.2 Å². The van der Waals surface area contributed by atoms with Gasteiger partial charge in [-0.3, -0.25) is 0 Å². The average molecular weight is 396 g/mol. The predicted octanol–water partition coefficient (Wildman–Crippen LogP) is 2.85. The molecule has 136 valence electrons. The van der Waals surface area contributed by atoms with Gasteiger partial charge in [-0.2, -0.15) is 4.31 Å². The average Bonchev–Trinajstić information content (AvgIpc) is 2.60. The molecule has 1 heterocycles. The molecule has 0 fully saturated rings. The van der Waals surface area contributed by atoms with Gasteiger partial charge in [-0.05, 0) is 18.2 Å². The highest BCUT2D eigenvalue weighted by atomic mass is 35.5. The van der Waals surface area contributed by atoms with Crippen LogP contribution in [0.4, 0.5) is 13.2 Å². The third-order valence-electron chi connectivity index (χ3n) is 3.45. The lowest BCUT2D eigenvalue weighted by Crippen LogP contribution is -2.49. The molecule has 0 bridgehead atoms. The normalized spacial score (nSPS) is 14.6. The highest BCUT2D eigenvalue weighted by Gasteiger charge is 2.52. The molecule has 0 amide bonds.